The van der Waals surface area contributed by atoms with Crippen LogP contribution in [0, 0.1) is 11.3 Å². The number of ether oxygens (including phenoxy) is 1. The number of amides is 2. The Morgan fingerprint density at radius 1 is 1.06 bits per heavy atom. The lowest BCUT2D eigenvalue weighted by Crippen LogP contribution is -2.50. The van der Waals surface area contributed by atoms with Gasteiger partial charge in [-0.25, -0.2) is 0 Å². The third-order valence-corrected chi connectivity index (χ3v) is 5.45. The molecular weight excluding hydrogens is 392 g/mol. The molecule has 1 heterocycles. The fraction of sp³-hybridized carbons (Fsp3) is 0.375. The van der Waals surface area contributed by atoms with E-state index >= 15 is 0 Å². The first-order valence-corrected chi connectivity index (χ1v) is 10.5. The molecule has 2 amide bonds. The van der Waals surface area contributed by atoms with Crippen molar-refractivity contribution in [2.75, 3.05) is 39.8 Å². The molecule has 1 unspecified atom stereocenters. The number of carbonyl (C=O) groups excluding carboxylic acids is 2. The zero-order valence-corrected chi connectivity index (χ0v) is 17.8. The van der Waals surface area contributed by atoms with Crippen LogP contribution in [0.25, 0.3) is 0 Å². The zero-order valence-electron chi connectivity index (χ0n) is 17.8. The Labute approximate surface area is 183 Å². The number of piperazine rings is 1. The van der Waals surface area contributed by atoms with E-state index < -0.39 is 0 Å². The highest BCUT2D eigenvalue weighted by atomic mass is 16.5. The maximum Gasteiger partial charge on any atom is 0.224 e. The minimum Gasteiger partial charge on any atom is -0.497 e. The van der Waals surface area contributed by atoms with Gasteiger partial charge in [-0.3, -0.25) is 14.5 Å². The normalized spacial score (nSPS) is 15.0. The molecule has 2 aromatic carbocycles. The third-order valence-electron chi connectivity index (χ3n) is 5.45. The van der Waals surface area contributed by atoms with Crippen LogP contribution in [0.4, 0.5) is 0 Å². The fourth-order valence-corrected chi connectivity index (χ4v) is 3.69. The van der Waals surface area contributed by atoms with E-state index in [1.54, 1.807) is 7.11 Å². The van der Waals surface area contributed by atoms with Gasteiger partial charge in [0.25, 0.3) is 0 Å². The van der Waals surface area contributed by atoms with Gasteiger partial charge in [0.15, 0.2) is 0 Å². The number of hydrogen-bond acceptors (Lipinski definition) is 5. The van der Waals surface area contributed by atoms with Gasteiger partial charge in [-0.15, -0.1) is 0 Å². The molecule has 31 heavy (non-hydrogen) atoms. The molecule has 7 heteroatoms. The Balaban J connectivity index is 1.41. The standard InChI is InChI=1S/C24H28N4O3/c1-31-21-9-7-20(8-10-21)22(18-25)27-13-15-28(16-14-27)24(30)11-12-26-23(29)17-19-5-3-2-4-6-19/h2-10,22H,11-17H2,1H3,(H,26,29). The topological polar surface area (TPSA) is 85.7 Å². The van der Waals surface area contributed by atoms with Crippen LogP contribution in [0.15, 0.2) is 54.6 Å². The van der Waals surface area contributed by atoms with E-state index in [-0.39, 0.29) is 24.3 Å². The number of nitriles is 1. The van der Waals surface area contributed by atoms with Crippen LogP contribution in [0.5, 0.6) is 5.75 Å². The summed E-state index contributed by atoms with van der Waals surface area (Å²) in [7, 11) is 1.61. The molecule has 0 saturated carbocycles. The maximum absolute atomic E-state index is 12.5. The van der Waals surface area contributed by atoms with E-state index in [1.165, 1.54) is 0 Å². The molecule has 162 valence electrons. The van der Waals surface area contributed by atoms with Crippen molar-refractivity contribution in [3.05, 3.63) is 65.7 Å². The average molecular weight is 421 g/mol. The molecule has 2 aromatic rings. The van der Waals surface area contributed by atoms with Crippen LogP contribution in [-0.4, -0.2) is 61.4 Å². The van der Waals surface area contributed by atoms with Crippen molar-refractivity contribution in [3.63, 3.8) is 0 Å². The van der Waals surface area contributed by atoms with Crippen molar-refractivity contribution in [3.8, 4) is 11.8 Å². The lowest BCUT2D eigenvalue weighted by atomic mass is 10.1. The number of carbonyl (C=O) groups is 2. The van der Waals surface area contributed by atoms with E-state index in [4.69, 9.17) is 4.74 Å². The number of rotatable bonds is 8. The molecule has 0 radical (unpaired) electrons. The third kappa shape index (κ3) is 6.30. The highest BCUT2D eigenvalue weighted by Crippen LogP contribution is 2.24. The van der Waals surface area contributed by atoms with Crippen molar-refractivity contribution in [2.45, 2.75) is 18.9 Å². The molecule has 0 bridgehead atoms. The van der Waals surface area contributed by atoms with Crippen LogP contribution in [0.3, 0.4) is 0 Å². The van der Waals surface area contributed by atoms with Crippen LogP contribution in [-0.2, 0) is 16.0 Å². The molecule has 3 rings (SSSR count). The minimum atomic E-state index is -0.347. The SMILES string of the molecule is COc1ccc(C(C#N)N2CCN(C(=O)CCNC(=O)Cc3ccccc3)CC2)cc1. The summed E-state index contributed by atoms with van der Waals surface area (Å²) in [5.74, 6) is 0.699. The predicted molar refractivity (Wildman–Crippen MR) is 117 cm³/mol. The van der Waals surface area contributed by atoms with Gasteiger partial charge in [0.2, 0.25) is 11.8 Å². The van der Waals surface area contributed by atoms with Crippen molar-refractivity contribution >= 4 is 11.8 Å². The minimum absolute atomic E-state index is 0.0256. The van der Waals surface area contributed by atoms with Gasteiger partial charge in [-0.1, -0.05) is 42.5 Å². The highest BCUT2D eigenvalue weighted by molar-refractivity contribution is 5.80. The van der Waals surface area contributed by atoms with Gasteiger partial charge in [-0.05, 0) is 23.3 Å². The number of methoxy groups -OCH3 is 1. The fourth-order valence-electron chi connectivity index (χ4n) is 3.69. The first kappa shape index (κ1) is 22.3. The quantitative estimate of drug-likeness (QED) is 0.707. The molecule has 7 nitrogen and oxygen atoms in total. The summed E-state index contributed by atoms with van der Waals surface area (Å²) in [4.78, 5) is 28.4. The zero-order chi connectivity index (χ0) is 22.1. The monoisotopic (exact) mass is 420 g/mol. The Morgan fingerprint density at radius 2 is 1.74 bits per heavy atom. The molecule has 1 atom stereocenters. The van der Waals surface area contributed by atoms with E-state index in [0.29, 0.717) is 39.1 Å². The Kier molecular flexibility index (Phi) is 8.02. The van der Waals surface area contributed by atoms with Crippen LogP contribution in [0.2, 0.25) is 0 Å². The van der Waals surface area contributed by atoms with E-state index in [0.717, 1.165) is 16.9 Å². The summed E-state index contributed by atoms with van der Waals surface area (Å²) in [5, 5.41) is 12.5. The van der Waals surface area contributed by atoms with Crippen molar-refractivity contribution in [2.24, 2.45) is 0 Å². The summed E-state index contributed by atoms with van der Waals surface area (Å²) in [6.07, 6.45) is 0.593. The molecule has 1 aliphatic rings. The molecular formula is C24H28N4O3. The summed E-state index contributed by atoms with van der Waals surface area (Å²) in [5.41, 5.74) is 1.87. The highest BCUT2D eigenvalue weighted by Gasteiger charge is 2.27. The van der Waals surface area contributed by atoms with Crippen molar-refractivity contribution < 1.29 is 14.3 Å². The van der Waals surface area contributed by atoms with Gasteiger partial charge in [0.05, 0.1) is 19.6 Å². The predicted octanol–water partition coefficient (Wildman–Crippen LogP) is 2.15. The Hall–Kier alpha value is -3.37. The first-order chi connectivity index (χ1) is 15.1. The van der Waals surface area contributed by atoms with E-state index in [2.05, 4.69) is 16.3 Å². The van der Waals surface area contributed by atoms with Gasteiger partial charge < -0.3 is 15.0 Å². The van der Waals surface area contributed by atoms with Gasteiger partial charge in [0.1, 0.15) is 11.8 Å². The second-order valence-corrected chi connectivity index (χ2v) is 7.48. The smallest absolute Gasteiger partial charge is 0.224 e. The summed E-state index contributed by atoms with van der Waals surface area (Å²) >= 11 is 0. The molecule has 1 aliphatic heterocycles. The maximum atomic E-state index is 12.5. The molecule has 1 N–H and O–H groups in total. The first-order valence-electron chi connectivity index (χ1n) is 10.5. The Bertz CT molecular complexity index is 901. The molecule has 0 aromatic heterocycles. The lowest BCUT2D eigenvalue weighted by Gasteiger charge is -2.37. The average Bonchev–Trinajstić information content (AvgIpc) is 2.81. The number of nitrogens with zero attached hydrogens (tertiary/aromatic N) is 3. The van der Waals surface area contributed by atoms with Gasteiger partial charge in [0, 0.05) is 39.1 Å². The Morgan fingerprint density at radius 3 is 2.35 bits per heavy atom. The molecule has 1 fully saturated rings. The van der Waals surface area contributed by atoms with Crippen LogP contribution in [0.1, 0.15) is 23.6 Å². The summed E-state index contributed by atoms with van der Waals surface area (Å²) in [6, 6.07) is 19.1. The van der Waals surface area contributed by atoms with Gasteiger partial charge in [-0.2, -0.15) is 5.26 Å². The molecule has 1 saturated heterocycles. The second-order valence-electron chi connectivity index (χ2n) is 7.48. The van der Waals surface area contributed by atoms with Crippen LogP contribution >= 0.6 is 0 Å². The second kappa shape index (κ2) is 11.1. The lowest BCUT2D eigenvalue weighted by molar-refractivity contribution is -0.133. The molecule has 0 aliphatic carbocycles. The summed E-state index contributed by atoms with van der Waals surface area (Å²) < 4.78 is 5.18. The van der Waals surface area contributed by atoms with E-state index in [9.17, 15) is 14.9 Å². The van der Waals surface area contributed by atoms with Crippen molar-refractivity contribution in [1.29, 1.82) is 5.26 Å². The van der Waals surface area contributed by atoms with Gasteiger partial charge >= 0.3 is 0 Å². The van der Waals surface area contributed by atoms with Crippen molar-refractivity contribution in [1.82, 2.24) is 15.1 Å². The van der Waals surface area contributed by atoms with E-state index in [1.807, 2.05) is 59.5 Å². The number of benzene rings is 2. The molecule has 0 spiro atoms. The number of nitrogens with one attached hydrogen (secondary N) is 1. The number of hydrogen-bond donors (Lipinski definition) is 1. The largest absolute Gasteiger partial charge is 0.497 e. The summed E-state index contributed by atoms with van der Waals surface area (Å²) in [6.45, 7) is 2.75. The van der Waals surface area contributed by atoms with Crippen LogP contribution < -0.4 is 10.1 Å².